The van der Waals surface area contributed by atoms with Gasteiger partial charge in [0.2, 0.25) is 0 Å². The lowest BCUT2D eigenvalue weighted by atomic mass is 9.95. The molecule has 1 saturated carbocycles. The molecule has 0 amide bonds. The summed E-state index contributed by atoms with van der Waals surface area (Å²) in [6, 6.07) is 0. The van der Waals surface area contributed by atoms with Crippen LogP contribution in [0.15, 0.2) is 0 Å². The average Bonchev–Trinajstić information content (AvgIpc) is 2.53. The third-order valence-electron chi connectivity index (χ3n) is 3.12. The first kappa shape index (κ1) is 22.8. The van der Waals surface area contributed by atoms with Gasteiger partial charge in [-0.15, -0.1) is 0 Å². The molecule has 0 aromatic heterocycles. The molecule has 10 nitrogen and oxygen atoms in total. The van der Waals surface area contributed by atoms with Gasteiger partial charge in [0.15, 0.2) is 10.1 Å². The Kier molecular flexibility index (Phi) is 7.61. The van der Waals surface area contributed by atoms with E-state index in [2.05, 4.69) is 18.8 Å². The second-order valence-electron chi connectivity index (χ2n) is 4.92. The Morgan fingerprint density at radius 2 is 1.38 bits per heavy atom. The normalized spacial score (nSPS) is 21.9. The average molecular weight is 430 g/mol. The van der Waals surface area contributed by atoms with Crippen LogP contribution in [0.2, 0.25) is 0 Å². The first-order valence-electron chi connectivity index (χ1n) is 6.59. The van der Waals surface area contributed by atoms with Crippen LogP contribution < -0.4 is 5.26 Å². The number of esters is 2. The molecule has 1 aliphatic carbocycles. The smallest absolute Gasteiger partial charge is 0.428 e. The van der Waals surface area contributed by atoms with Gasteiger partial charge in [-0.3, -0.25) is 5.04 Å². The maximum absolute atomic E-state index is 13.2. The molecule has 0 unspecified atom stereocenters. The predicted octanol–water partition coefficient (Wildman–Crippen LogP) is -0.0135. The largest absolute Gasteiger partial charge is 0.743 e. The Labute approximate surface area is 147 Å². The van der Waals surface area contributed by atoms with Gasteiger partial charge in [-0.05, 0) is 25.7 Å². The number of alkyl halides is 4. The molecule has 0 saturated heterocycles. The van der Waals surface area contributed by atoms with Crippen LogP contribution in [0.3, 0.4) is 0 Å². The molecule has 1 fully saturated rings. The lowest BCUT2D eigenvalue weighted by molar-refractivity contribution is -0.777. The van der Waals surface area contributed by atoms with Crippen molar-refractivity contribution < 1.29 is 64.2 Å². The van der Waals surface area contributed by atoms with E-state index in [0.29, 0.717) is 0 Å². The van der Waals surface area contributed by atoms with Crippen molar-refractivity contribution in [3.8, 4) is 0 Å². The molecule has 0 heterocycles. The molecule has 0 bridgehead atoms. The fourth-order valence-corrected chi connectivity index (χ4v) is 2.38. The molecule has 0 spiro atoms. The highest BCUT2D eigenvalue weighted by Gasteiger charge is 2.50. The molecule has 0 N–H and O–H groups in total. The first-order valence-corrected chi connectivity index (χ1v) is 8.73. The Morgan fingerprint density at radius 1 is 0.962 bits per heavy atom. The molecule has 1 rings (SSSR count). The topological polar surface area (TPSA) is 151 Å². The molecule has 0 aliphatic heterocycles. The maximum Gasteiger partial charge on any atom is 0.428 e. The van der Waals surface area contributed by atoms with E-state index in [4.69, 9.17) is 0 Å². The quantitative estimate of drug-likeness (QED) is 0.128. The predicted molar refractivity (Wildman–Crippen MR) is 67.6 cm³/mol. The fourth-order valence-electron chi connectivity index (χ4n) is 1.90. The SMILES string of the molecule is O=C(OC1CCC(OC(=O)C(F)(F)S(=O)(=O)[O-])CC1)C(F)(F)SOO[O-]. The number of hydrogen-bond acceptors (Lipinski definition) is 11. The van der Waals surface area contributed by atoms with E-state index in [1.165, 1.54) is 0 Å². The highest BCUT2D eigenvalue weighted by atomic mass is 32.2. The first-order chi connectivity index (χ1) is 11.8. The maximum atomic E-state index is 13.2. The summed E-state index contributed by atoms with van der Waals surface area (Å²) in [4.78, 5) is 22.3. The summed E-state index contributed by atoms with van der Waals surface area (Å²) < 4.78 is 95.2. The summed E-state index contributed by atoms with van der Waals surface area (Å²) in [7, 11) is -6.26. The number of carbonyl (C=O) groups excluding carboxylic acids is 2. The number of hydrogen-bond donors (Lipinski definition) is 0. The second-order valence-corrected chi connectivity index (χ2v) is 7.15. The fraction of sp³-hybridized carbons (Fsp3) is 0.800. The van der Waals surface area contributed by atoms with E-state index in [0.717, 1.165) is 0 Å². The van der Waals surface area contributed by atoms with Crippen molar-refractivity contribution in [2.45, 2.75) is 48.4 Å². The van der Waals surface area contributed by atoms with Crippen molar-refractivity contribution in [1.29, 1.82) is 0 Å². The Balaban J connectivity index is 2.50. The van der Waals surface area contributed by atoms with Crippen molar-refractivity contribution in [2.24, 2.45) is 0 Å². The molecule has 0 aromatic carbocycles. The molecule has 0 atom stereocenters. The van der Waals surface area contributed by atoms with Crippen LogP contribution in [0.25, 0.3) is 0 Å². The summed E-state index contributed by atoms with van der Waals surface area (Å²) >= 11 is -0.892. The molecule has 152 valence electrons. The van der Waals surface area contributed by atoms with E-state index < -0.39 is 56.8 Å². The summed E-state index contributed by atoms with van der Waals surface area (Å²) in [5, 5.41) is 2.62. The molecule has 26 heavy (non-hydrogen) atoms. The minimum Gasteiger partial charge on any atom is -0.743 e. The van der Waals surface area contributed by atoms with E-state index in [1.54, 1.807) is 0 Å². The third kappa shape index (κ3) is 5.92. The Hall–Kier alpha value is -1.20. The van der Waals surface area contributed by atoms with Gasteiger partial charge < -0.3 is 19.3 Å². The van der Waals surface area contributed by atoms with E-state index in [-0.39, 0.29) is 25.7 Å². The Bertz CT molecular complexity index is 617. The van der Waals surface area contributed by atoms with Crippen molar-refractivity contribution >= 4 is 34.1 Å². The van der Waals surface area contributed by atoms with Crippen LogP contribution in [-0.4, -0.2) is 47.6 Å². The van der Waals surface area contributed by atoms with Crippen LogP contribution in [0.4, 0.5) is 17.6 Å². The van der Waals surface area contributed by atoms with Gasteiger partial charge in [-0.2, -0.15) is 21.9 Å². The van der Waals surface area contributed by atoms with E-state index in [1.807, 2.05) is 0 Å². The number of halogens is 4. The monoisotopic (exact) mass is 430 g/mol. The number of rotatable bonds is 8. The van der Waals surface area contributed by atoms with Crippen LogP contribution in [0.1, 0.15) is 25.7 Å². The van der Waals surface area contributed by atoms with Crippen LogP contribution in [0.5, 0.6) is 0 Å². The minimum atomic E-state index is -6.26. The summed E-state index contributed by atoms with van der Waals surface area (Å²) in [5.74, 6) is -4.60. The molecular weight excluding hydrogens is 420 g/mol. The summed E-state index contributed by atoms with van der Waals surface area (Å²) in [5.41, 5.74) is 0. The second kappa shape index (κ2) is 8.66. The lowest BCUT2D eigenvalue weighted by Crippen LogP contribution is -2.42. The van der Waals surface area contributed by atoms with E-state index in [9.17, 15) is 45.4 Å². The van der Waals surface area contributed by atoms with Crippen LogP contribution >= 0.6 is 12.0 Å². The molecule has 16 heteroatoms. The zero-order valence-electron chi connectivity index (χ0n) is 12.4. The summed E-state index contributed by atoms with van der Waals surface area (Å²) in [6.07, 6.45) is -3.12. The highest BCUT2D eigenvalue weighted by molar-refractivity contribution is 7.96. The van der Waals surface area contributed by atoms with Gasteiger partial charge in [0.25, 0.3) is 0 Å². The third-order valence-corrected chi connectivity index (χ3v) is 4.42. The van der Waals surface area contributed by atoms with Gasteiger partial charge in [0.1, 0.15) is 24.3 Å². The van der Waals surface area contributed by atoms with Gasteiger partial charge in [-0.25, -0.2) is 18.0 Å². The van der Waals surface area contributed by atoms with Crippen LogP contribution in [-0.2, 0) is 38.6 Å². The standard InChI is InChI=1S/C10H12F4O10S2/c11-9(12,25-24-23-17)7(15)21-5-1-3-6(4-2-5)22-8(16)10(13,14)26(18,19)20/h5-6,17H,1-4H2,(H,18,19,20)/p-2. The van der Waals surface area contributed by atoms with Gasteiger partial charge in [-0.1, -0.05) is 0 Å². The Morgan fingerprint density at radius 3 is 1.77 bits per heavy atom. The molecule has 1 aliphatic rings. The van der Waals surface area contributed by atoms with Crippen molar-refractivity contribution in [3.63, 3.8) is 0 Å². The van der Waals surface area contributed by atoms with Crippen molar-refractivity contribution in [2.75, 3.05) is 0 Å². The minimum absolute atomic E-state index is 0.182. The molecular formula is C10H10F4O10S2-2. The molecule has 0 aromatic rings. The van der Waals surface area contributed by atoms with Crippen molar-refractivity contribution in [1.82, 2.24) is 0 Å². The zero-order valence-corrected chi connectivity index (χ0v) is 14.0. The van der Waals surface area contributed by atoms with Crippen molar-refractivity contribution in [3.05, 3.63) is 0 Å². The lowest BCUT2D eigenvalue weighted by Gasteiger charge is -2.30. The van der Waals surface area contributed by atoms with Gasteiger partial charge >= 0.3 is 22.4 Å². The molecule has 0 radical (unpaired) electrons. The van der Waals surface area contributed by atoms with Crippen LogP contribution in [0, 0.1) is 0 Å². The van der Waals surface area contributed by atoms with Gasteiger partial charge in [0, 0.05) is 0 Å². The summed E-state index contributed by atoms with van der Waals surface area (Å²) in [6.45, 7) is 0. The highest BCUT2D eigenvalue weighted by Crippen LogP contribution is 2.33. The van der Waals surface area contributed by atoms with Gasteiger partial charge in [0.05, 0.1) is 0 Å². The van der Waals surface area contributed by atoms with E-state index >= 15 is 0 Å². The zero-order chi connectivity index (χ0) is 20.2. The number of ether oxygens (including phenoxy) is 2. The number of carbonyl (C=O) groups is 2.